The van der Waals surface area contributed by atoms with Gasteiger partial charge in [-0.25, -0.2) is 4.39 Å². The summed E-state index contributed by atoms with van der Waals surface area (Å²) in [5.74, 6) is -0.249. The molecule has 2 atom stereocenters. The van der Waals surface area contributed by atoms with Gasteiger partial charge in [0, 0.05) is 44.2 Å². The Labute approximate surface area is 129 Å². The summed E-state index contributed by atoms with van der Waals surface area (Å²) in [5.41, 5.74) is 0.611. The van der Waals surface area contributed by atoms with Gasteiger partial charge >= 0.3 is 0 Å². The highest BCUT2D eigenvalue weighted by Gasteiger charge is 2.40. The van der Waals surface area contributed by atoms with Crippen molar-refractivity contribution in [1.29, 1.82) is 0 Å². The molecule has 5 nitrogen and oxygen atoms in total. The number of amides is 2. The zero-order valence-corrected chi connectivity index (χ0v) is 12.6. The Morgan fingerprint density at radius 3 is 2.86 bits per heavy atom. The summed E-state index contributed by atoms with van der Waals surface area (Å²) in [6, 6.07) is 6.79. The molecule has 1 N–H and O–H groups in total. The molecule has 22 heavy (non-hydrogen) atoms. The molecule has 2 fully saturated rings. The summed E-state index contributed by atoms with van der Waals surface area (Å²) < 4.78 is 13.7. The standard InChI is InChI=1S/C16H20FN3O2/c1-11(21)18-13-6-14-9-19(10-16(22)20(14)8-13)7-12-4-2-3-5-15(12)17/h2-5,13-14H,6-10H2,1H3,(H,18,21)/t13-,14-/m0/s1. The lowest BCUT2D eigenvalue weighted by Gasteiger charge is -2.36. The van der Waals surface area contributed by atoms with Crippen molar-refractivity contribution in [1.82, 2.24) is 15.1 Å². The van der Waals surface area contributed by atoms with Crippen LogP contribution in [-0.4, -0.2) is 53.3 Å². The van der Waals surface area contributed by atoms with E-state index >= 15 is 0 Å². The molecular weight excluding hydrogens is 285 g/mol. The lowest BCUT2D eigenvalue weighted by Crippen LogP contribution is -2.53. The average Bonchev–Trinajstić information content (AvgIpc) is 2.83. The first-order chi connectivity index (χ1) is 10.5. The summed E-state index contributed by atoms with van der Waals surface area (Å²) in [4.78, 5) is 27.3. The van der Waals surface area contributed by atoms with Crippen LogP contribution in [-0.2, 0) is 16.1 Å². The highest BCUT2D eigenvalue weighted by atomic mass is 19.1. The molecule has 2 aliphatic heterocycles. The van der Waals surface area contributed by atoms with Crippen LogP contribution >= 0.6 is 0 Å². The average molecular weight is 305 g/mol. The summed E-state index contributed by atoms with van der Waals surface area (Å²) in [5, 5.41) is 2.88. The number of benzene rings is 1. The zero-order valence-electron chi connectivity index (χ0n) is 12.6. The van der Waals surface area contributed by atoms with Gasteiger partial charge in [0.15, 0.2) is 0 Å². The molecule has 2 saturated heterocycles. The summed E-state index contributed by atoms with van der Waals surface area (Å²) in [6.45, 7) is 3.53. The van der Waals surface area contributed by atoms with Crippen LogP contribution in [0.3, 0.4) is 0 Å². The van der Waals surface area contributed by atoms with E-state index in [4.69, 9.17) is 0 Å². The van der Waals surface area contributed by atoms with Crippen molar-refractivity contribution < 1.29 is 14.0 Å². The van der Waals surface area contributed by atoms with Crippen LogP contribution in [0.2, 0.25) is 0 Å². The number of piperazine rings is 1. The summed E-state index contributed by atoms with van der Waals surface area (Å²) in [7, 11) is 0. The van der Waals surface area contributed by atoms with Crippen LogP contribution < -0.4 is 5.32 Å². The number of carbonyl (C=O) groups excluding carboxylic acids is 2. The third kappa shape index (κ3) is 3.11. The molecule has 6 heteroatoms. The molecule has 1 aromatic rings. The first-order valence-electron chi connectivity index (χ1n) is 7.55. The summed E-state index contributed by atoms with van der Waals surface area (Å²) >= 11 is 0. The molecule has 0 radical (unpaired) electrons. The van der Waals surface area contributed by atoms with Crippen molar-refractivity contribution in [2.24, 2.45) is 0 Å². The third-order valence-corrected chi connectivity index (χ3v) is 4.32. The fraction of sp³-hybridized carbons (Fsp3) is 0.500. The van der Waals surface area contributed by atoms with Crippen molar-refractivity contribution in [3.8, 4) is 0 Å². The van der Waals surface area contributed by atoms with Gasteiger partial charge in [0.25, 0.3) is 0 Å². The third-order valence-electron chi connectivity index (χ3n) is 4.32. The number of halogens is 1. The Balaban J connectivity index is 1.65. The van der Waals surface area contributed by atoms with Crippen LogP contribution in [0.5, 0.6) is 0 Å². The number of carbonyl (C=O) groups is 2. The number of nitrogens with one attached hydrogen (secondary N) is 1. The molecule has 0 saturated carbocycles. The fourth-order valence-corrected chi connectivity index (χ4v) is 3.42. The number of hydrogen-bond donors (Lipinski definition) is 1. The molecular formula is C16H20FN3O2. The van der Waals surface area contributed by atoms with Gasteiger partial charge in [-0.2, -0.15) is 0 Å². The van der Waals surface area contributed by atoms with Gasteiger partial charge in [0.1, 0.15) is 5.82 Å². The molecule has 2 heterocycles. The lowest BCUT2D eigenvalue weighted by molar-refractivity contribution is -0.138. The van der Waals surface area contributed by atoms with E-state index in [0.29, 0.717) is 25.2 Å². The van der Waals surface area contributed by atoms with Gasteiger partial charge in [0.2, 0.25) is 11.8 Å². The number of hydrogen-bond acceptors (Lipinski definition) is 3. The minimum atomic E-state index is -0.236. The maximum atomic E-state index is 13.7. The first-order valence-corrected chi connectivity index (χ1v) is 7.55. The van der Waals surface area contributed by atoms with E-state index in [0.717, 1.165) is 13.0 Å². The highest BCUT2D eigenvalue weighted by Crippen LogP contribution is 2.24. The Morgan fingerprint density at radius 2 is 2.14 bits per heavy atom. The van der Waals surface area contributed by atoms with Gasteiger partial charge in [-0.3, -0.25) is 14.5 Å². The number of nitrogens with zero attached hydrogens (tertiary/aromatic N) is 2. The molecule has 0 spiro atoms. The van der Waals surface area contributed by atoms with Crippen LogP contribution in [0.1, 0.15) is 18.9 Å². The second-order valence-corrected chi connectivity index (χ2v) is 6.09. The van der Waals surface area contributed by atoms with E-state index in [2.05, 4.69) is 5.32 Å². The second kappa shape index (κ2) is 6.04. The molecule has 118 valence electrons. The van der Waals surface area contributed by atoms with E-state index < -0.39 is 0 Å². The van der Waals surface area contributed by atoms with Crippen LogP contribution in [0.4, 0.5) is 4.39 Å². The van der Waals surface area contributed by atoms with Crippen LogP contribution in [0, 0.1) is 5.82 Å². The van der Waals surface area contributed by atoms with Crippen LogP contribution in [0.25, 0.3) is 0 Å². The molecule has 3 rings (SSSR count). The Bertz CT molecular complexity index is 593. The van der Waals surface area contributed by atoms with Gasteiger partial charge in [-0.15, -0.1) is 0 Å². The van der Waals surface area contributed by atoms with E-state index in [9.17, 15) is 14.0 Å². The first kappa shape index (κ1) is 15.0. The molecule has 0 bridgehead atoms. The van der Waals surface area contributed by atoms with E-state index in [1.165, 1.54) is 13.0 Å². The molecule has 1 aromatic carbocycles. The number of rotatable bonds is 3. The van der Waals surface area contributed by atoms with E-state index in [1.54, 1.807) is 18.2 Å². The zero-order chi connectivity index (χ0) is 15.7. The summed E-state index contributed by atoms with van der Waals surface area (Å²) in [6.07, 6.45) is 0.763. The van der Waals surface area contributed by atoms with E-state index in [1.807, 2.05) is 9.80 Å². The monoisotopic (exact) mass is 305 g/mol. The van der Waals surface area contributed by atoms with Gasteiger partial charge in [0.05, 0.1) is 6.54 Å². The topological polar surface area (TPSA) is 52.7 Å². The second-order valence-electron chi connectivity index (χ2n) is 6.09. The molecule has 0 aromatic heterocycles. The normalized spacial score (nSPS) is 25.2. The van der Waals surface area contributed by atoms with Gasteiger partial charge in [-0.1, -0.05) is 18.2 Å². The predicted molar refractivity (Wildman–Crippen MR) is 79.4 cm³/mol. The number of fused-ring (bicyclic) bond motifs is 1. The Morgan fingerprint density at radius 1 is 1.36 bits per heavy atom. The van der Waals surface area contributed by atoms with Crippen molar-refractivity contribution in [3.63, 3.8) is 0 Å². The van der Waals surface area contributed by atoms with Crippen molar-refractivity contribution in [2.45, 2.75) is 32.0 Å². The minimum absolute atomic E-state index is 0.0276. The molecule has 0 unspecified atom stereocenters. The van der Waals surface area contributed by atoms with Crippen LogP contribution in [0.15, 0.2) is 24.3 Å². The van der Waals surface area contributed by atoms with E-state index in [-0.39, 0.29) is 29.7 Å². The van der Waals surface area contributed by atoms with Gasteiger partial charge < -0.3 is 10.2 Å². The quantitative estimate of drug-likeness (QED) is 0.896. The maximum Gasteiger partial charge on any atom is 0.237 e. The van der Waals surface area contributed by atoms with Crippen molar-refractivity contribution in [3.05, 3.63) is 35.6 Å². The maximum absolute atomic E-state index is 13.7. The Hall–Kier alpha value is -1.95. The highest BCUT2D eigenvalue weighted by molar-refractivity contribution is 5.80. The van der Waals surface area contributed by atoms with Crippen molar-refractivity contribution >= 4 is 11.8 Å². The molecule has 2 amide bonds. The predicted octanol–water partition coefficient (Wildman–Crippen LogP) is 0.747. The smallest absolute Gasteiger partial charge is 0.237 e. The largest absolute Gasteiger partial charge is 0.352 e. The van der Waals surface area contributed by atoms with Gasteiger partial charge in [-0.05, 0) is 12.5 Å². The lowest BCUT2D eigenvalue weighted by atomic mass is 10.1. The fourth-order valence-electron chi connectivity index (χ4n) is 3.42. The molecule has 0 aliphatic carbocycles. The SMILES string of the molecule is CC(=O)N[C@H]1C[C@H]2CN(Cc3ccccc3F)CC(=O)N2C1. The van der Waals surface area contributed by atoms with Crippen molar-refractivity contribution in [2.75, 3.05) is 19.6 Å². The minimum Gasteiger partial charge on any atom is -0.352 e. The Kier molecular flexibility index (Phi) is 4.11. The molecule has 2 aliphatic rings.